The summed E-state index contributed by atoms with van der Waals surface area (Å²) in [6.45, 7) is 7.07. The molecule has 27 heavy (non-hydrogen) atoms. The third-order valence-corrected chi connectivity index (χ3v) is 6.91. The monoisotopic (exact) mass is 408 g/mol. The number of hydrogen-bond donors (Lipinski definition) is 3. The van der Waals surface area contributed by atoms with E-state index in [1.165, 1.54) is 0 Å². The van der Waals surface area contributed by atoms with Gasteiger partial charge in [-0.3, -0.25) is 9.52 Å². The molecule has 1 aromatic carbocycles. The molecule has 0 saturated carbocycles. The van der Waals surface area contributed by atoms with Crippen molar-refractivity contribution in [3.63, 3.8) is 0 Å². The summed E-state index contributed by atoms with van der Waals surface area (Å²) in [6.07, 6.45) is 0. The van der Waals surface area contributed by atoms with Crippen LogP contribution in [0, 0.1) is 0 Å². The van der Waals surface area contributed by atoms with Gasteiger partial charge >= 0.3 is 0 Å². The van der Waals surface area contributed by atoms with E-state index in [-0.39, 0.29) is 16.2 Å². The first-order chi connectivity index (χ1) is 12.9. The second-order valence-electron chi connectivity index (χ2n) is 6.63. The predicted molar refractivity (Wildman–Crippen MR) is 109 cm³/mol. The van der Waals surface area contributed by atoms with Crippen LogP contribution in [0.1, 0.15) is 24.2 Å². The van der Waals surface area contributed by atoms with Crippen molar-refractivity contribution >= 4 is 38.6 Å². The molecule has 1 fully saturated rings. The van der Waals surface area contributed by atoms with Crippen molar-refractivity contribution in [2.24, 2.45) is 0 Å². The Hall–Kier alpha value is -2.10. The third-order valence-electron chi connectivity index (χ3n) is 4.13. The third kappa shape index (κ3) is 4.79. The Morgan fingerprint density at radius 2 is 1.96 bits per heavy atom. The molecule has 3 rings (SSSR count). The van der Waals surface area contributed by atoms with E-state index in [0.29, 0.717) is 11.3 Å². The summed E-state index contributed by atoms with van der Waals surface area (Å²) in [5.41, 5.74) is 1.65. The van der Waals surface area contributed by atoms with Gasteiger partial charge in [-0.15, -0.1) is 11.3 Å². The van der Waals surface area contributed by atoms with Crippen LogP contribution in [0.5, 0.6) is 0 Å². The highest BCUT2D eigenvalue weighted by Crippen LogP contribution is 2.27. The van der Waals surface area contributed by atoms with E-state index in [2.05, 4.69) is 20.3 Å². The number of piperazine rings is 1. The zero-order chi connectivity index (χ0) is 19.4. The number of thiophene rings is 1. The first-order valence-corrected chi connectivity index (χ1v) is 11.2. The molecule has 0 bridgehead atoms. The molecule has 1 aliphatic heterocycles. The highest BCUT2D eigenvalue weighted by molar-refractivity contribution is 7.94. The quantitative estimate of drug-likeness (QED) is 0.681. The van der Waals surface area contributed by atoms with Crippen LogP contribution < -0.4 is 20.3 Å². The minimum Gasteiger partial charge on any atom is -0.368 e. The first-order valence-electron chi connectivity index (χ1n) is 8.84. The maximum Gasteiger partial charge on any atom is 0.271 e. The zero-order valence-electron chi connectivity index (χ0n) is 15.4. The highest BCUT2D eigenvalue weighted by atomic mass is 32.2. The SMILES string of the molecule is CC(C)NC(=O)c1cc(NS(=O)(=O)c2cccs2)ccc1N1CCNCC1. The predicted octanol–water partition coefficient (Wildman–Crippen LogP) is 2.10. The van der Waals surface area contributed by atoms with Gasteiger partial charge in [-0.2, -0.15) is 0 Å². The topological polar surface area (TPSA) is 90.5 Å². The lowest BCUT2D eigenvalue weighted by atomic mass is 10.1. The fourth-order valence-corrected chi connectivity index (χ4v) is 4.97. The molecule has 9 heteroatoms. The van der Waals surface area contributed by atoms with Crippen molar-refractivity contribution in [2.45, 2.75) is 24.1 Å². The number of sulfonamides is 1. The zero-order valence-corrected chi connectivity index (χ0v) is 17.0. The molecule has 3 N–H and O–H groups in total. The van der Waals surface area contributed by atoms with E-state index >= 15 is 0 Å². The number of amides is 1. The summed E-state index contributed by atoms with van der Waals surface area (Å²) in [4.78, 5) is 14.9. The second-order valence-corrected chi connectivity index (χ2v) is 9.49. The molecule has 1 aliphatic rings. The Kier molecular flexibility index (Phi) is 6.03. The van der Waals surface area contributed by atoms with Crippen molar-refractivity contribution in [1.29, 1.82) is 0 Å². The summed E-state index contributed by atoms with van der Waals surface area (Å²) in [7, 11) is -3.66. The smallest absolute Gasteiger partial charge is 0.271 e. The second kappa shape index (κ2) is 8.28. The number of nitrogens with zero attached hydrogens (tertiary/aromatic N) is 1. The number of carbonyl (C=O) groups is 1. The van der Waals surface area contributed by atoms with Crippen LogP contribution in [-0.4, -0.2) is 46.5 Å². The van der Waals surface area contributed by atoms with E-state index in [9.17, 15) is 13.2 Å². The first kappa shape index (κ1) is 19.7. The van der Waals surface area contributed by atoms with Crippen LogP contribution in [0.3, 0.4) is 0 Å². The van der Waals surface area contributed by atoms with E-state index in [0.717, 1.165) is 43.2 Å². The summed E-state index contributed by atoms with van der Waals surface area (Å²) < 4.78 is 27.8. The highest BCUT2D eigenvalue weighted by Gasteiger charge is 2.21. The minimum absolute atomic E-state index is 0.0140. The van der Waals surface area contributed by atoms with Gasteiger partial charge in [-0.1, -0.05) is 6.07 Å². The molecule has 1 saturated heterocycles. The van der Waals surface area contributed by atoms with Gasteiger partial charge in [-0.25, -0.2) is 8.42 Å². The van der Waals surface area contributed by atoms with Crippen LogP contribution in [0.25, 0.3) is 0 Å². The lowest BCUT2D eigenvalue weighted by Gasteiger charge is -2.31. The van der Waals surface area contributed by atoms with Crippen LogP contribution in [0.15, 0.2) is 39.9 Å². The lowest BCUT2D eigenvalue weighted by Crippen LogP contribution is -2.44. The summed E-state index contributed by atoms with van der Waals surface area (Å²) in [6, 6.07) is 8.35. The van der Waals surface area contributed by atoms with Crippen molar-refractivity contribution in [1.82, 2.24) is 10.6 Å². The van der Waals surface area contributed by atoms with E-state index < -0.39 is 10.0 Å². The lowest BCUT2D eigenvalue weighted by molar-refractivity contribution is 0.0943. The van der Waals surface area contributed by atoms with Gasteiger partial charge in [0.05, 0.1) is 5.56 Å². The van der Waals surface area contributed by atoms with Gasteiger partial charge in [0.25, 0.3) is 15.9 Å². The van der Waals surface area contributed by atoms with E-state index in [1.807, 2.05) is 19.9 Å². The Bertz CT molecular complexity index is 889. The molecule has 2 heterocycles. The molecule has 0 radical (unpaired) electrons. The van der Waals surface area contributed by atoms with Crippen LogP contribution >= 0.6 is 11.3 Å². The largest absolute Gasteiger partial charge is 0.368 e. The molecule has 1 amide bonds. The molecular weight excluding hydrogens is 384 g/mol. The van der Waals surface area contributed by atoms with Crippen molar-refractivity contribution < 1.29 is 13.2 Å². The molecule has 7 nitrogen and oxygen atoms in total. The van der Waals surface area contributed by atoms with Gasteiger partial charge < -0.3 is 15.5 Å². The Morgan fingerprint density at radius 1 is 1.22 bits per heavy atom. The van der Waals surface area contributed by atoms with Crippen molar-refractivity contribution in [3.8, 4) is 0 Å². The van der Waals surface area contributed by atoms with E-state index in [4.69, 9.17) is 0 Å². The average molecular weight is 409 g/mol. The number of hydrogen-bond acceptors (Lipinski definition) is 6. The van der Waals surface area contributed by atoms with E-state index in [1.54, 1.807) is 29.6 Å². The van der Waals surface area contributed by atoms with Crippen molar-refractivity contribution in [3.05, 3.63) is 41.3 Å². The molecule has 0 spiro atoms. The van der Waals surface area contributed by atoms with Crippen LogP contribution in [-0.2, 0) is 10.0 Å². The summed E-state index contributed by atoms with van der Waals surface area (Å²) in [5.74, 6) is -0.212. The Balaban J connectivity index is 1.93. The summed E-state index contributed by atoms with van der Waals surface area (Å²) in [5, 5.41) is 7.90. The Morgan fingerprint density at radius 3 is 2.59 bits per heavy atom. The molecular formula is C18H24N4O3S2. The fourth-order valence-electron chi connectivity index (χ4n) is 2.92. The molecule has 1 aromatic heterocycles. The number of rotatable bonds is 6. The average Bonchev–Trinajstić information content (AvgIpc) is 3.17. The van der Waals surface area contributed by atoms with Crippen LogP contribution in [0.2, 0.25) is 0 Å². The standard InChI is InChI=1S/C18H24N4O3S2/c1-13(2)20-18(23)15-12-14(21-27(24,25)17-4-3-11-26-17)5-6-16(15)22-9-7-19-8-10-22/h3-6,11-13,19,21H,7-10H2,1-2H3,(H,20,23). The molecule has 0 unspecified atom stereocenters. The molecule has 0 atom stereocenters. The Labute approximate surface area is 163 Å². The minimum atomic E-state index is -3.66. The number of carbonyl (C=O) groups excluding carboxylic acids is 1. The molecule has 146 valence electrons. The van der Waals surface area contributed by atoms with Gasteiger partial charge in [0.1, 0.15) is 4.21 Å². The van der Waals surface area contributed by atoms with Gasteiger partial charge in [0.15, 0.2) is 0 Å². The fraction of sp³-hybridized carbons (Fsp3) is 0.389. The van der Waals surface area contributed by atoms with Crippen molar-refractivity contribution in [2.75, 3.05) is 35.8 Å². The summed E-state index contributed by atoms with van der Waals surface area (Å²) >= 11 is 1.15. The number of nitrogens with one attached hydrogen (secondary N) is 3. The van der Waals surface area contributed by atoms with Crippen LogP contribution in [0.4, 0.5) is 11.4 Å². The molecule has 0 aliphatic carbocycles. The van der Waals surface area contributed by atoms with Gasteiger partial charge in [0.2, 0.25) is 0 Å². The molecule has 2 aromatic rings. The number of anilines is 2. The normalized spacial score (nSPS) is 15.0. The maximum atomic E-state index is 12.7. The van der Waals surface area contributed by atoms with Gasteiger partial charge in [-0.05, 0) is 43.5 Å². The van der Waals surface area contributed by atoms with Gasteiger partial charge in [0, 0.05) is 43.6 Å². The number of benzene rings is 1. The maximum absolute atomic E-state index is 12.7.